The van der Waals surface area contributed by atoms with Crippen molar-refractivity contribution >= 4 is 38.0 Å². The minimum absolute atomic E-state index is 0.00850. The van der Waals surface area contributed by atoms with Crippen LogP contribution in [0.2, 0.25) is 0 Å². The molecule has 1 aliphatic heterocycles. The first-order valence-corrected chi connectivity index (χ1v) is 13.7. The van der Waals surface area contributed by atoms with E-state index in [0.717, 1.165) is 27.2 Å². The predicted octanol–water partition coefficient (Wildman–Crippen LogP) is 4.42. The zero-order valence-electron chi connectivity index (χ0n) is 19.6. The van der Waals surface area contributed by atoms with Crippen molar-refractivity contribution in [1.29, 1.82) is 0 Å². The van der Waals surface area contributed by atoms with Crippen LogP contribution in [0.25, 0.3) is 22.4 Å². The van der Waals surface area contributed by atoms with Crippen LogP contribution in [0, 0.1) is 0 Å². The van der Waals surface area contributed by atoms with Gasteiger partial charge in [-0.1, -0.05) is 18.2 Å². The lowest BCUT2D eigenvalue weighted by atomic mass is 10.2. The Morgan fingerprint density at radius 3 is 2.57 bits per heavy atom. The molecule has 4 aromatic rings. The van der Waals surface area contributed by atoms with Gasteiger partial charge in [0.2, 0.25) is 10.0 Å². The maximum atomic E-state index is 12.9. The van der Waals surface area contributed by atoms with E-state index in [1.165, 1.54) is 15.6 Å². The van der Waals surface area contributed by atoms with Crippen molar-refractivity contribution in [3.8, 4) is 11.5 Å². The van der Waals surface area contributed by atoms with E-state index >= 15 is 0 Å². The third kappa shape index (κ3) is 4.85. The third-order valence-electron chi connectivity index (χ3n) is 5.94. The highest BCUT2D eigenvalue weighted by Gasteiger charge is 2.26. The molecule has 0 bridgehead atoms. The van der Waals surface area contributed by atoms with Crippen molar-refractivity contribution in [2.45, 2.75) is 17.9 Å². The Balaban J connectivity index is 1.51. The summed E-state index contributed by atoms with van der Waals surface area (Å²) >= 11 is 1.50. The number of sulfonamides is 1. The number of furan rings is 1. The summed E-state index contributed by atoms with van der Waals surface area (Å²) in [4.78, 5) is 5.87. The monoisotopic (exact) mass is 513 g/mol. The molecule has 184 valence electrons. The first kappa shape index (κ1) is 24.0. The molecule has 2 aromatic heterocycles. The van der Waals surface area contributed by atoms with Crippen molar-refractivity contribution in [1.82, 2.24) is 8.87 Å². The molecule has 0 aliphatic carbocycles. The van der Waals surface area contributed by atoms with Gasteiger partial charge in [0, 0.05) is 31.0 Å². The predicted molar refractivity (Wildman–Crippen MR) is 135 cm³/mol. The smallest absolute Gasteiger partial charge is 0.243 e. The topological polar surface area (TPSA) is 86.3 Å². The van der Waals surface area contributed by atoms with Crippen molar-refractivity contribution in [2.24, 2.45) is 4.99 Å². The van der Waals surface area contributed by atoms with Gasteiger partial charge in [0.15, 0.2) is 10.6 Å². The standard InChI is InChI=1S/C25H27N3O5S2/c1-18(16-31-2)28-22(24-15-19-5-3-4-6-23(19)33-24)17-34-25(28)26-20-7-9-21(10-8-20)35(29,30)27-11-13-32-14-12-27/h3-10,15,17-18H,11-14,16H2,1-2H3. The average Bonchev–Trinajstić information content (AvgIpc) is 3.49. The van der Waals surface area contributed by atoms with E-state index < -0.39 is 10.0 Å². The van der Waals surface area contributed by atoms with Gasteiger partial charge >= 0.3 is 0 Å². The normalized spacial score (nSPS) is 16.7. The molecule has 0 radical (unpaired) electrons. The van der Waals surface area contributed by atoms with Gasteiger partial charge in [-0.3, -0.25) is 0 Å². The fourth-order valence-electron chi connectivity index (χ4n) is 4.17. The molecular formula is C25H27N3O5S2. The highest BCUT2D eigenvalue weighted by atomic mass is 32.2. The second-order valence-corrected chi connectivity index (χ2v) is 11.1. The Labute approximate surface area is 208 Å². The Bertz CT molecular complexity index is 1450. The van der Waals surface area contributed by atoms with Crippen LogP contribution >= 0.6 is 11.3 Å². The fraction of sp³-hybridized carbons (Fsp3) is 0.320. The van der Waals surface area contributed by atoms with Gasteiger partial charge in [-0.25, -0.2) is 13.4 Å². The summed E-state index contributed by atoms with van der Waals surface area (Å²) in [7, 11) is -1.87. The molecule has 0 spiro atoms. The molecule has 0 saturated carbocycles. The summed E-state index contributed by atoms with van der Waals surface area (Å²) in [5.41, 5.74) is 2.42. The minimum atomic E-state index is -3.55. The zero-order valence-corrected chi connectivity index (χ0v) is 21.2. The van der Waals surface area contributed by atoms with E-state index in [0.29, 0.717) is 38.6 Å². The van der Waals surface area contributed by atoms with Crippen molar-refractivity contribution < 1.29 is 22.3 Å². The van der Waals surface area contributed by atoms with E-state index in [1.807, 2.05) is 35.7 Å². The second kappa shape index (κ2) is 10.1. The molecule has 0 N–H and O–H groups in total. The summed E-state index contributed by atoms with van der Waals surface area (Å²) in [6, 6.07) is 16.6. The number of fused-ring (bicyclic) bond motifs is 1. The number of rotatable bonds is 7. The van der Waals surface area contributed by atoms with Crippen LogP contribution in [0.3, 0.4) is 0 Å². The van der Waals surface area contributed by atoms with Gasteiger partial charge in [-0.05, 0) is 43.3 Å². The quantitative estimate of drug-likeness (QED) is 0.365. The van der Waals surface area contributed by atoms with E-state index in [-0.39, 0.29) is 10.9 Å². The molecule has 1 saturated heterocycles. The Morgan fingerprint density at radius 1 is 1.11 bits per heavy atom. The Hall–Kier alpha value is -2.76. The largest absolute Gasteiger partial charge is 0.454 e. The number of hydrogen-bond acceptors (Lipinski definition) is 7. The summed E-state index contributed by atoms with van der Waals surface area (Å²) in [5.74, 6) is 0.763. The van der Waals surface area contributed by atoms with E-state index in [2.05, 4.69) is 11.5 Å². The highest BCUT2D eigenvalue weighted by molar-refractivity contribution is 7.89. The molecule has 8 nitrogen and oxygen atoms in total. The molecule has 10 heteroatoms. The molecular weight excluding hydrogens is 486 g/mol. The highest BCUT2D eigenvalue weighted by Crippen LogP contribution is 2.30. The fourth-order valence-corrected chi connectivity index (χ4v) is 6.58. The average molecular weight is 514 g/mol. The first-order valence-electron chi connectivity index (χ1n) is 11.4. The van der Waals surface area contributed by atoms with Crippen molar-refractivity contribution in [2.75, 3.05) is 40.0 Å². The van der Waals surface area contributed by atoms with E-state index in [9.17, 15) is 8.42 Å². The van der Waals surface area contributed by atoms with Crippen LogP contribution in [-0.2, 0) is 19.5 Å². The number of morpholine rings is 1. The molecule has 5 rings (SSSR count). The molecule has 2 aromatic carbocycles. The third-order valence-corrected chi connectivity index (χ3v) is 8.69. The second-order valence-electron chi connectivity index (χ2n) is 8.35. The zero-order chi connectivity index (χ0) is 24.4. The maximum absolute atomic E-state index is 12.9. The van der Waals surface area contributed by atoms with Crippen LogP contribution < -0.4 is 4.80 Å². The lowest BCUT2D eigenvalue weighted by Crippen LogP contribution is -2.40. The van der Waals surface area contributed by atoms with Crippen LogP contribution in [0.1, 0.15) is 13.0 Å². The number of ether oxygens (including phenoxy) is 2. The van der Waals surface area contributed by atoms with Crippen LogP contribution in [0.15, 0.2) is 74.3 Å². The molecule has 3 heterocycles. The van der Waals surface area contributed by atoms with Gasteiger partial charge in [-0.15, -0.1) is 11.3 Å². The van der Waals surface area contributed by atoms with Gasteiger partial charge < -0.3 is 18.5 Å². The minimum Gasteiger partial charge on any atom is -0.454 e. The number of methoxy groups -OCH3 is 1. The van der Waals surface area contributed by atoms with Gasteiger partial charge in [-0.2, -0.15) is 4.31 Å². The molecule has 1 aliphatic rings. The number of benzene rings is 2. The number of nitrogens with zero attached hydrogens (tertiary/aromatic N) is 3. The van der Waals surface area contributed by atoms with Crippen molar-refractivity contribution in [3.05, 3.63) is 64.8 Å². The SMILES string of the molecule is COCC(C)n1c(-c2cc3ccccc3o2)csc1=Nc1ccc(S(=O)(=O)N2CCOCC2)cc1. The number of para-hydroxylation sites is 1. The van der Waals surface area contributed by atoms with Gasteiger partial charge in [0.05, 0.1) is 42.1 Å². The first-order chi connectivity index (χ1) is 17.0. The molecule has 1 atom stereocenters. The Morgan fingerprint density at radius 2 is 1.86 bits per heavy atom. The van der Waals surface area contributed by atoms with Crippen LogP contribution in [0.4, 0.5) is 5.69 Å². The van der Waals surface area contributed by atoms with Gasteiger partial charge in [0.25, 0.3) is 0 Å². The summed E-state index contributed by atoms with van der Waals surface area (Å²) in [6.45, 7) is 4.14. The molecule has 1 fully saturated rings. The lowest BCUT2D eigenvalue weighted by Gasteiger charge is -2.26. The summed E-state index contributed by atoms with van der Waals surface area (Å²) in [5, 5.41) is 3.06. The molecule has 35 heavy (non-hydrogen) atoms. The maximum Gasteiger partial charge on any atom is 0.243 e. The summed E-state index contributed by atoms with van der Waals surface area (Å²) < 4.78 is 46.2. The van der Waals surface area contributed by atoms with Crippen molar-refractivity contribution in [3.63, 3.8) is 0 Å². The van der Waals surface area contributed by atoms with E-state index in [4.69, 9.17) is 18.9 Å². The van der Waals surface area contributed by atoms with Gasteiger partial charge in [0.1, 0.15) is 5.58 Å². The summed E-state index contributed by atoms with van der Waals surface area (Å²) in [6.07, 6.45) is 0. The number of thiazole rings is 1. The lowest BCUT2D eigenvalue weighted by molar-refractivity contribution is 0.0730. The van der Waals surface area contributed by atoms with Crippen LogP contribution in [-0.4, -0.2) is 57.3 Å². The number of aromatic nitrogens is 1. The number of hydrogen-bond donors (Lipinski definition) is 0. The molecule has 0 amide bonds. The Kier molecular flexibility index (Phi) is 6.90. The van der Waals surface area contributed by atoms with E-state index in [1.54, 1.807) is 31.4 Å². The molecule has 1 unspecified atom stereocenters. The van der Waals surface area contributed by atoms with Crippen LogP contribution in [0.5, 0.6) is 0 Å².